The molecule has 0 N–H and O–H groups in total. The number of rotatable bonds is 0. The van der Waals surface area contributed by atoms with Crippen molar-refractivity contribution in [3.05, 3.63) is 0 Å². The van der Waals surface area contributed by atoms with Crippen molar-refractivity contribution < 1.29 is 0 Å². The molecule has 0 aromatic carbocycles. The third-order valence-corrected chi connectivity index (χ3v) is 4.18. The molecular formula is C12H22. The average molecular weight is 166 g/mol. The second-order valence-electron chi connectivity index (χ2n) is 5.26. The Bertz CT molecular complexity index is 150. The molecule has 2 fully saturated rings. The Balaban J connectivity index is 2.01. The molecule has 4 atom stereocenters. The van der Waals surface area contributed by atoms with Crippen molar-refractivity contribution in [1.29, 1.82) is 0 Å². The van der Waals surface area contributed by atoms with Crippen LogP contribution in [-0.4, -0.2) is 0 Å². The molecule has 2 aliphatic carbocycles. The smallest absolute Gasteiger partial charge is 0.0360 e. The maximum Gasteiger partial charge on any atom is -0.0360 e. The SMILES string of the molecule is C[C@@H]1C[C@@H]2CCCC[C@@H]2[C@@H](C)C1. The highest BCUT2D eigenvalue weighted by atomic mass is 14.4. The van der Waals surface area contributed by atoms with E-state index < -0.39 is 0 Å². The molecule has 0 heteroatoms. The second-order valence-corrected chi connectivity index (χ2v) is 5.26. The van der Waals surface area contributed by atoms with Gasteiger partial charge in [0.05, 0.1) is 0 Å². The van der Waals surface area contributed by atoms with E-state index in [2.05, 4.69) is 13.8 Å². The van der Waals surface area contributed by atoms with Crippen LogP contribution in [0.25, 0.3) is 0 Å². The number of hydrogen-bond donors (Lipinski definition) is 0. The lowest BCUT2D eigenvalue weighted by molar-refractivity contribution is 0.0827. The summed E-state index contributed by atoms with van der Waals surface area (Å²) < 4.78 is 0. The molecule has 0 spiro atoms. The van der Waals surface area contributed by atoms with Gasteiger partial charge in [0, 0.05) is 0 Å². The van der Waals surface area contributed by atoms with Crippen molar-refractivity contribution >= 4 is 0 Å². The second kappa shape index (κ2) is 3.40. The van der Waals surface area contributed by atoms with Gasteiger partial charge >= 0.3 is 0 Å². The van der Waals surface area contributed by atoms with Gasteiger partial charge in [0.25, 0.3) is 0 Å². The third-order valence-electron chi connectivity index (χ3n) is 4.18. The van der Waals surface area contributed by atoms with E-state index in [-0.39, 0.29) is 0 Å². The topological polar surface area (TPSA) is 0 Å². The first kappa shape index (κ1) is 8.59. The normalized spacial score (nSPS) is 48.5. The number of fused-ring (bicyclic) bond motifs is 1. The van der Waals surface area contributed by atoms with Gasteiger partial charge in [0.15, 0.2) is 0 Å². The first-order valence-electron chi connectivity index (χ1n) is 5.77. The van der Waals surface area contributed by atoms with E-state index in [4.69, 9.17) is 0 Å². The van der Waals surface area contributed by atoms with E-state index in [1.165, 1.54) is 25.7 Å². The Morgan fingerprint density at radius 2 is 1.67 bits per heavy atom. The van der Waals surface area contributed by atoms with Crippen molar-refractivity contribution in [2.75, 3.05) is 0 Å². The molecule has 2 saturated carbocycles. The van der Waals surface area contributed by atoms with Crippen molar-refractivity contribution in [2.45, 2.75) is 52.4 Å². The Hall–Kier alpha value is 0. The first-order chi connectivity index (χ1) is 5.77. The van der Waals surface area contributed by atoms with Gasteiger partial charge in [-0.15, -0.1) is 0 Å². The minimum Gasteiger partial charge on any atom is -0.0625 e. The van der Waals surface area contributed by atoms with Crippen LogP contribution < -0.4 is 0 Å². The summed E-state index contributed by atoms with van der Waals surface area (Å²) in [6, 6.07) is 0. The average Bonchev–Trinajstić information content (AvgIpc) is 2.04. The molecule has 2 aliphatic rings. The zero-order valence-electron chi connectivity index (χ0n) is 8.55. The highest BCUT2D eigenvalue weighted by Crippen LogP contribution is 2.45. The molecule has 0 amide bonds. The molecule has 0 aliphatic heterocycles. The van der Waals surface area contributed by atoms with Gasteiger partial charge < -0.3 is 0 Å². The summed E-state index contributed by atoms with van der Waals surface area (Å²) in [6.07, 6.45) is 9.15. The molecule has 0 saturated heterocycles. The molecule has 0 radical (unpaired) electrons. The van der Waals surface area contributed by atoms with Gasteiger partial charge in [-0.25, -0.2) is 0 Å². The van der Waals surface area contributed by atoms with Gasteiger partial charge in [-0.2, -0.15) is 0 Å². The lowest BCUT2D eigenvalue weighted by Crippen LogP contribution is -2.32. The van der Waals surface area contributed by atoms with E-state index in [1.807, 2.05) is 0 Å². The Labute approximate surface area is 76.7 Å². The molecule has 12 heavy (non-hydrogen) atoms. The first-order valence-corrected chi connectivity index (χ1v) is 5.77. The lowest BCUT2D eigenvalue weighted by Gasteiger charge is -2.42. The van der Waals surface area contributed by atoms with Crippen LogP contribution in [0.3, 0.4) is 0 Å². The summed E-state index contributed by atoms with van der Waals surface area (Å²) >= 11 is 0. The van der Waals surface area contributed by atoms with Crippen molar-refractivity contribution in [3.63, 3.8) is 0 Å². The Morgan fingerprint density at radius 3 is 2.50 bits per heavy atom. The minimum atomic E-state index is 1.01. The molecular weight excluding hydrogens is 144 g/mol. The maximum atomic E-state index is 2.48. The fourth-order valence-corrected chi connectivity index (χ4v) is 3.70. The van der Waals surface area contributed by atoms with Crippen LogP contribution in [0.15, 0.2) is 0 Å². The largest absolute Gasteiger partial charge is 0.0625 e. The maximum absolute atomic E-state index is 2.48. The summed E-state index contributed by atoms with van der Waals surface area (Å²) in [7, 11) is 0. The van der Waals surface area contributed by atoms with E-state index in [0.29, 0.717) is 0 Å². The van der Waals surface area contributed by atoms with Crippen LogP contribution in [-0.2, 0) is 0 Å². The lowest BCUT2D eigenvalue weighted by atomic mass is 9.63. The van der Waals surface area contributed by atoms with Gasteiger partial charge in [-0.1, -0.05) is 33.1 Å². The Morgan fingerprint density at radius 1 is 0.917 bits per heavy atom. The van der Waals surface area contributed by atoms with E-state index in [1.54, 1.807) is 12.8 Å². The molecule has 0 aromatic rings. The van der Waals surface area contributed by atoms with Crippen LogP contribution in [0.4, 0.5) is 0 Å². The zero-order valence-corrected chi connectivity index (χ0v) is 8.55. The Kier molecular flexibility index (Phi) is 2.43. The van der Waals surface area contributed by atoms with E-state index in [0.717, 1.165) is 23.7 Å². The van der Waals surface area contributed by atoms with Crippen LogP contribution in [0.5, 0.6) is 0 Å². The van der Waals surface area contributed by atoms with Gasteiger partial charge in [-0.3, -0.25) is 0 Å². The molecule has 0 nitrogen and oxygen atoms in total. The van der Waals surface area contributed by atoms with Gasteiger partial charge in [0.2, 0.25) is 0 Å². The van der Waals surface area contributed by atoms with Crippen LogP contribution in [0, 0.1) is 23.7 Å². The van der Waals surface area contributed by atoms with E-state index in [9.17, 15) is 0 Å². The monoisotopic (exact) mass is 166 g/mol. The van der Waals surface area contributed by atoms with Gasteiger partial charge in [0.1, 0.15) is 0 Å². The summed E-state index contributed by atoms with van der Waals surface area (Å²) in [5, 5.41) is 0. The summed E-state index contributed by atoms with van der Waals surface area (Å²) in [5.74, 6) is 4.26. The zero-order chi connectivity index (χ0) is 8.55. The van der Waals surface area contributed by atoms with Crippen molar-refractivity contribution in [3.8, 4) is 0 Å². The van der Waals surface area contributed by atoms with Gasteiger partial charge in [-0.05, 0) is 42.9 Å². The third kappa shape index (κ3) is 1.53. The summed E-state index contributed by atoms with van der Waals surface area (Å²) in [6.45, 7) is 4.93. The summed E-state index contributed by atoms with van der Waals surface area (Å²) in [4.78, 5) is 0. The minimum absolute atomic E-state index is 1.01. The van der Waals surface area contributed by atoms with E-state index >= 15 is 0 Å². The molecule has 0 bridgehead atoms. The van der Waals surface area contributed by atoms with Crippen molar-refractivity contribution in [2.24, 2.45) is 23.7 Å². The molecule has 0 aromatic heterocycles. The predicted octanol–water partition coefficient (Wildman–Crippen LogP) is 3.86. The quantitative estimate of drug-likeness (QED) is 0.512. The predicted molar refractivity (Wildman–Crippen MR) is 53.0 cm³/mol. The fraction of sp³-hybridized carbons (Fsp3) is 1.00. The number of hydrogen-bond acceptors (Lipinski definition) is 0. The fourth-order valence-electron chi connectivity index (χ4n) is 3.70. The molecule has 0 unspecified atom stereocenters. The highest BCUT2D eigenvalue weighted by Gasteiger charge is 2.34. The molecule has 0 heterocycles. The van der Waals surface area contributed by atoms with Crippen molar-refractivity contribution in [1.82, 2.24) is 0 Å². The standard InChI is InChI=1S/C12H22/c1-9-7-10(2)12-6-4-3-5-11(12)8-9/h9-12H,3-8H2,1-2H3/t9-,10-,11-,12+/m0/s1. The molecule has 70 valence electrons. The summed E-state index contributed by atoms with van der Waals surface area (Å²) in [5.41, 5.74) is 0. The van der Waals surface area contributed by atoms with Crippen LogP contribution >= 0.6 is 0 Å². The van der Waals surface area contributed by atoms with Crippen LogP contribution in [0.2, 0.25) is 0 Å². The van der Waals surface area contributed by atoms with Crippen LogP contribution in [0.1, 0.15) is 52.4 Å². The molecule has 2 rings (SSSR count). The highest BCUT2D eigenvalue weighted by molar-refractivity contribution is 4.85.